The Morgan fingerprint density at radius 2 is 1.69 bits per heavy atom. The molecule has 36 heavy (non-hydrogen) atoms. The zero-order valence-electron chi connectivity index (χ0n) is 20.9. The maximum Gasteiger partial charge on any atom is 0.263 e. The summed E-state index contributed by atoms with van der Waals surface area (Å²) in [6.07, 6.45) is -0.415. The molecule has 0 bridgehead atoms. The fraction of sp³-hybridized carbons (Fsp3) is 0.286. The lowest BCUT2D eigenvalue weighted by Crippen LogP contribution is -2.37. The average Bonchev–Trinajstić information content (AvgIpc) is 3.00. The number of hydrogen-bond donors (Lipinski definition) is 1. The molecule has 8 nitrogen and oxygen atoms in total. The lowest BCUT2D eigenvalue weighted by molar-refractivity contribution is -0.138. The standard InChI is InChI=1S/C28H30N2O6/c1-18-28(32)30(16-20-7-11-24(34-3)15-26(20)35-4)17-21-14-22(8-12-25(21)36-18)29-27(31)13-19-5-9-23(33-2)10-6-19/h5-12,14-15,18H,13,16-17H2,1-4H3,(H,29,31)/t18-/m0/s1. The first kappa shape index (κ1) is 24.9. The van der Waals surface area contributed by atoms with Gasteiger partial charge in [-0.1, -0.05) is 12.1 Å². The number of carbonyl (C=O) groups excluding carboxylic acids is 2. The third kappa shape index (κ3) is 5.71. The SMILES string of the molecule is COc1ccc(CC(=O)Nc2ccc3c(c2)CN(Cc2ccc(OC)cc2OC)C(=O)[C@H](C)O3)cc1. The molecular formula is C28H30N2O6. The number of nitrogens with zero attached hydrogens (tertiary/aromatic N) is 1. The highest BCUT2D eigenvalue weighted by Gasteiger charge is 2.29. The summed E-state index contributed by atoms with van der Waals surface area (Å²) in [7, 11) is 4.78. The van der Waals surface area contributed by atoms with Crippen molar-refractivity contribution < 1.29 is 28.5 Å². The van der Waals surface area contributed by atoms with Crippen LogP contribution in [-0.2, 0) is 29.1 Å². The van der Waals surface area contributed by atoms with Crippen molar-refractivity contribution >= 4 is 17.5 Å². The highest BCUT2D eigenvalue weighted by atomic mass is 16.5. The zero-order chi connectivity index (χ0) is 25.7. The fourth-order valence-electron chi connectivity index (χ4n) is 4.13. The minimum atomic E-state index is -0.647. The minimum Gasteiger partial charge on any atom is -0.497 e. The summed E-state index contributed by atoms with van der Waals surface area (Å²) in [6, 6.07) is 18.3. The van der Waals surface area contributed by atoms with E-state index < -0.39 is 6.10 Å². The Kier molecular flexibility index (Phi) is 7.63. The molecule has 1 atom stereocenters. The van der Waals surface area contributed by atoms with Crippen LogP contribution in [0.4, 0.5) is 5.69 Å². The van der Waals surface area contributed by atoms with E-state index in [1.807, 2.05) is 42.5 Å². The van der Waals surface area contributed by atoms with E-state index in [0.717, 1.165) is 22.4 Å². The lowest BCUT2D eigenvalue weighted by Gasteiger charge is -2.23. The first-order valence-electron chi connectivity index (χ1n) is 11.6. The number of benzene rings is 3. The van der Waals surface area contributed by atoms with Crippen LogP contribution in [0.2, 0.25) is 0 Å². The highest BCUT2D eigenvalue weighted by Crippen LogP contribution is 2.31. The fourth-order valence-corrected chi connectivity index (χ4v) is 4.13. The summed E-state index contributed by atoms with van der Waals surface area (Å²) in [5.74, 6) is 2.40. The third-order valence-electron chi connectivity index (χ3n) is 6.05. The predicted molar refractivity (Wildman–Crippen MR) is 136 cm³/mol. The van der Waals surface area contributed by atoms with Crippen LogP contribution < -0.4 is 24.3 Å². The first-order valence-corrected chi connectivity index (χ1v) is 11.6. The Bertz CT molecular complexity index is 1240. The van der Waals surface area contributed by atoms with Crippen molar-refractivity contribution in [1.82, 2.24) is 4.90 Å². The number of ether oxygens (including phenoxy) is 4. The summed E-state index contributed by atoms with van der Waals surface area (Å²) in [6.45, 7) is 2.41. The molecule has 4 rings (SSSR count). The molecule has 188 valence electrons. The van der Waals surface area contributed by atoms with Gasteiger partial charge in [0.2, 0.25) is 5.91 Å². The average molecular weight is 491 g/mol. The summed E-state index contributed by atoms with van der Waals surface area (Å²) in [4.78, 5) is 27.5. The van der Waals surface area contributed by atoms with Gasteiger partial charge in [0, 0.05) is 36.0 Å². The highest BCUT2D eigenvalue weighted by molar-refractivity contribution is 5.92. The van der Waals surface area contributed by atoms with Crippen molar-refractivity contribution in [1.29, 1.82) is 0 Å². The van der Waals surface area contributed by atoms with Crippen LogP contribution in [0.25, 0.3) is 0 Å². The number of hydrogen-bond acceptors (Lipinski definition) is 6. The van der Waals surface area contributed by atoms with Gasteiger partial charge in [-0.3, -0.25) is 9.59 Å². The van der Waals surface area contributed by atoms with Gasteiger partial charge in [0.05, 0.1) is 27.8 Å². The van der Waals surface area contributed by atoms with Gasteiger partial charge in [-0.15, -0.1) is 0 Å². The van der Waals surface area contributed by atoms with Gasteiger partial charge in [0.15, 0.2) is 6.10 Å². The number of fused-ring (bicyclic) bond motifs is 1. The molecule has 0 unspecified atom stereocenters. The number of nitrogens with one attached hydrogen (secondary N) is 1. The van der Waals surface area contributed by atoms with Crippen molar-refractivity contribution in [3.63, 3.8) is 0 Å². The topological polar surface area (TPSA) is 86.3 Å². The molecule has 1 heterocycles. The van der Waals surface area contributed by atoms with Gasteiger partial charge < -0.3 is 29.2 Å². The first-order chi connectivity index (χ1) is 17.4. The van der Waals surface area contributed by atoms with Crippen molar-refractivity contribution in [2.75, 3.05) is 26.6 Å². The zero-order valence-corrected chi connectivity index (χ0v) is 20.9. The third-order valence-corrected chi connectivity index (χ3v) is 6.05. The summed E-state index contributed by atoms with van der Waals surface area (Å²) in [5, 5.41) is 2.94. The molecule has 1 aliphatic rings. The van der Waals surface area contributed by atoms with Crippen LogP contribution in [0.3, 0.4) is 0 Å². The van der Waals surface area contributed by atoms with E-state index in [-0.39, 0.29) is 18.2 Å². The Hall–Kier alpha value is -4.20. The number of anilines is 1. The maximum absolute atomic E-state index is 13.1. The largest absolute Gasteiger partial charge is 0.497 e. The van der Waals surface area contributed by atoms with E-state index in [4.69, 9.17) is 18.9 Å². The summed E-state index contributed by atoms with van der Waals surface area (Å²) >= 11 is 0. The maximum atomic E-state index is 13.1. The van der Waals surface area contributed by atoms with Gasteiger partial charge in [0.25, 0.3) is 5.91 Å². The van der Waals surface area contributed by atoms with E-state index >= 15 is 0 Å². The Morgan fingerprint density at radius 3 is 2.39 bits per heavy atom. The molecule has 0 spiro atoms. The molecule has 3 aromatic carbocycles. The molecule has 0 saturated carbocycles. The Balaban J connectivity index is 1.51. The molecule has 0 saturated heterocycles. The summed E-state index contributed by atoms with van der Waals surface area (Å²) < 4.78 is 21.9. The second-order valence-corrected chi connectivity index (χ2v) is 8.53. The minimum absolute atomic E-state index is 0.130. The van der Waals surface area contributed by atoms with Crippen LogP contribution in [0.15, 0.2) is 60.7 Å². The molecule has 0 aromatic heterocycles. The normalized spacial score (nSPS) is 14.8. The molecule has 1 N–H and O–H groups in total. The van der Waals surface area contributed by atoms with Crippen molar-refractivity contribution in [2.24, 2.45) is 0 Å². The number of rotatable bonds is 8. The van der Waals surface area contributed by atoms with E-state index in [1.165, 1.54) is 0 Å². The Labute approximate surface area is 210 Å². The van der Waals surface area contributed by atoms with Gasteiger partial charge in [0.1, 0.15) is 23.0 Å². The molecule has 2 amide bonds. The number of carbonyl (C=O) groups is 2. The Morgan fingerprint density at radius 1 is 0.972 bits per heavy atom. The van der Waals surface area contributed by atoms with Gasteiger partial charge in [-0.2, -0.15) is 0 Å². The molecule has 8 heteroatoms. The van der Waals surface area contributed by atoms with E-state index in [2.05, 4.69) is 5.32 Å². The van der Waals surface area contributed by atoms with Crippen LogP contribution in [0.1, 0.15) is 23.6 Å². The predicted octanol–water partition coefficient (Wildman–Crippen LogP) is 4.20. The molecule has 1 aliphatic heterocycles. The van der Waals surface area contributed by atoms with E-state index in [0.29, 0.717) is 36.0 Å². The van der Waals surface area contributed by atoms with Gasteiger partial charge in [-0.05, 0) is 55.0 Å². The van der Waals surface area contributed by atoms with Crippen LogP contribution >= 0.6 is 0 Å². The van der Waals surface area contributed by atoms with Crippen molar-refractivity contribution in [2.45, 2.75) is 32.5 Å². The second-order valence-electron chi connectivity index (χ2n) is 8.53. The van der Waals surface area contributed by atoms with Crippen LogP contribution in [0, 0.1) is 0 Å². The molecule has 0 radical (unpaired) electrons. The summed E-state index contributed by atoms with van der Waals surface area (Å²) in [5.41, 5.74) is 3.18. The van der Waals surface area contributed by atoms with Gasteiger partial charge in [-0.25, -0.2) is 0 Å². The number of amides is 2. The van der Waals surface area contributed by atoms with Crippen LogP contribution in [-0.4, -0.2) is 44.1 Å². The lowest BCUT2D eigenvalue weighted by atomic mass is 10.1. The van der Waals surface area contributed by atoms with E-state index in [9.17, 15) is 9.59 Å². The number of methoxy groups -OCH3 is 3. The molecule has 3 aromatic rings. The second kappa shape index (κ2) is 11.0. The van der Waals surface area contributed by atoms with Crippen LogP contribution in [0.5, 0.6) is 23.0 Å². The van der Waals surface area contributed by atoms with Crippen molar-refractivity contribution in [3.05, 3.63) is 77.4 Å². The van der Waals surface area contributed by atoms with E-state index in [1.54, 1.807) is 51.4 Å². The molecule has 0 fully saturated rings. The monoisotopic (exact) mass is 490 g/mol. The quantitative estimate of drug-likeness (QED) is 0.509. The molecule has 0 aliphatic carbocycles. The van der Waals surface area contributed by atoms with Crippen molar-refractivity contribution in [3.8, 4) is 23.0 Å². The smallest absolute Gasteiger partial charge is 0.263 e. The molecular weight excluding hydrogens is 460 g/mol. The van der Waals surface area contributed by atoms with Gasteiger partial charge >= 0.3 is 0 Å².